The lowest BCUT2D eigenvalue weighted by molar-refractivity contribution is 0.446. The van der Waals surface area contributed by atoms with Crippen LogP contribution in [0.25, 0.3) is 88.4 Å². The molecular formula is C65H48N2. The van der Waals surface area contributed by atoms with Crippen LogP contribution in [0, 0.1) is 0 Å². The van der Waals surface area contributed by atoms with Gasteiger partial charge in [-0.15, -0.1) is 0 Å². The molecule has 0 amide bonds. The molecule has 0 N–H and O–H groups in total. The van der Waals surface area contributed by atoms with Gasteiger partial charge >= 0.3 is 0 Å². The highest BCUT2D eigenvalue weighted by Gasteiger charge is 2.43. The molecule has 2 heteroatoms. The number of hydrogen-bond donors (Lipinski definition) is 0. The average molecular weight is 857 g/mol. The molecule has 0 saturated carbocycles. The molecule has 2 heterocycles. The number of aryl methyl sites for hydroxylation is 2. The Kier molecular flexibility index (Phi) is 9.39. The molecule has 10 aromatic carbocycles. The van der Waals surface area contributed by atoms with Crippen LogP contribution in [0.2, 0.25) is 0 Å². The fourth-order valence-corrected chi connectivity index (χ4v) is 11.5. The van der Waals surface area contributed by atoms with E-state index in [2.05, 4.69) is 252 Å². The Labute approximate surface area is 391 Å². The minimum absolute atomic E-state index is 0.214. The van der Waals surface area contributed by atoms with Gasteiger partial charge in [0, 0.05) is 38.3 Å². The molecule has 0 radical (unpaired) electrons. The van der Waals surface area contributed by atoms with Gasteiger partial charge in [0.15, 0.2) is 0 Å². The maximum absolute atomic E-state index is 2.54. The van der Waals surface area contributed by atoms with Crippen LogP contribution >= 0.6 is 0 Å². The van der Waals surface area contributed by atoms with Gasteiger partial charge in [-0.3, -0.25) is 0 Å². The molecule has 0 aliphatic heterocycles. The van der Waals surface area contributed by atoms with Gasteiger partial charge < -0.3 is 9.13 Å². The van der Waals surface area contributed by atoms with E-state index in [1.54, 1.807) is 0 Å². The maximum atomic E-state index is 2.54. The van der Waals surface area contributed by atoms with E-state index in [1.807, 2.05) is 0 Å². The lowest BCUT2D eigenvalue weighted by Gasteiger charge is -2.33. The molecule has 2 aromatic heterocycles. The summed E-state index contributed by atoms with van der Waals surface area (Å²) in [7, 11) is 0. The van der Waals surface area contributed by atoms with Gasteiger partial charge in [0.05, 0.1) is 22.1 Å². The SMILES string of the molecule is c1ccc(CCC2(CCc3ccccc3)c3cc(-c4ccc(-n5c6ccccc6c6ccccc65)cc4)ccc3-c3ccc(-c4ccc(-n5c6ccccc6c6ccccc65)cc4)cc32)cc1. The molecule has 318 valence electrons. The summed E-state index contributed by atoms with van der Waals surface area (Å²) in [6.07, 6.45) is 4.00. The molecule has 1 aliphatic rings. The highest BCUT2D eigenvalue weighted by atomic mass is 15.0. The van der Waals surface area contributed by atoms with Gasteiger partial charge in [0.25, 0.3) is 0 Å². The number of para-hydroxylation sites is 4. The molecule has 2 nitrogen and oxygen atoms in total. The Morgan fingerprint density at radius 2 is 0.597 bits per heavy atom. The highest BCUT2D eigenvalue weighted by molar-refractivity contribution is 6.10. The first-order chi connectivity index (χ1) is 33.2. The van der Waals surface area contributed by atoms with Crippen molar-refractivity contribution in [3.63, 3.8) is 0 Å². The summed E-state index contributed by atoms with van der Waals surface area (Å²) in [6, 6.07) is 90.3. The number of nitrogens with zero attached hydrogens (tertiary/aromatic N) is 2. The topological polar surface area (TPSA) is 9.86 Å². The maximum Gasteiger partial charge on any atom is 0.0541 e. The van der Waals surface area contributed by atoms with Crippen LogP contribution in [0.3, 0.4) is 0 Å². The lowest BCUT2D eigenvalue weighted by atomic mass is 9.69. The number of benzene rings is 10. The predicted octanol–water partition coefficient (Wildman–Crippen LogP) is 16.7. The van der Waals surface area contributed by atoms with E-state index in [0.717, 1.165) is 25.7 Å². The number of aromatic nitrogens is 2. The molecule has 12 aromatic rings. The van der Waals surface area contributed by atoms with Crippen molar-refractivity contribution in [2.45, 2.75) is 31.1 Å². The number of fused-ring (bicyclic) bond motifs is 9. The summed E-state index contributed by atoms with van der Waals surface area (Å²) < 4.78 is 4.81. The van der Waals surface area contributed by atoms with E-state index in [1.165, 1.54) is 111 Å². The zero-order chi connectivity index (χ0) is 44.3. The van der Waals surface area contributed by atoms with Crippen LogP contribution in [-0.2, 0) is 18.3 Å². The van der Waals surface area contributed by atoms with E-state index in [-0.39, 0.29) is 5.41 Å². The molecular weight excluding hydrogens is 809 g/mol. The van der Waals surface area contributed by atoms with Crippen molar-refractivity contribution < 1.29 is 0 Å². The van der Waals surface area contributed by atoms with Crippen molar-refractivity contribution in [3.8, 4) is 44.8 Å². The summed E-state index contributed by atoms with van der Waals surface area (Å²) in [4.78, 5) is 0. The second kappa shape index (κ2) is 16.0. The minimum Gasteiger partial charge on any atom is -0.309 e. The summed E-state index contributed by atoms with van der Waals surface area (Å²) in [5.41, 5.74) is 20.4. The van der Waals surface area contributed by atoms with Crippen molar-refractivity contribution >= 4 is 43.6 Å². The minimum atomic E-state index is -0.214. The first-order valence-corrected chi connectivity index (χ1v) is 23.8. The third-order valence-electron chi connectivity index (χ3n) is 14.8. The third kappa shape index (κ3) is 6.55. The fourth-order valence-electron chi connectivity index (χ4n) is 11.5. The van der Waals surface area contributed by atoms with Crippen LogP contribution in [0.4, 0.5) is 0 Å². The van der Waals surface area contributed by atoms with E-state index >= 15 is 0 Å². The van der Waals surface area contributed by atoms with E-state index < -0.39 is 0 Å². The predicted molar refractivity (Wildman–Crippen MR) is 282 cm³/mol. The number of rotatable bonds is 10. The van der Waals surface area contributed by atoms with Crippen LogP contribution < -0.4 is 0 Å². The summed E-state index contributed by atoms with van der Waals surface area (Å²) in [6.45, 7) is 0. The lowest BCUT2D eigenvalue weighted by Crippen LogP contribution is -2.27. The number of hydrogen-bond acceptors (Lipinski definition) is 0. The molecule has 0 unspecified atom stereocenters. The molecule has 0 spiro atoms. The smallest absolute Gasteiger partial charge is 0.0541 e. The quantitative estimate of drug-likeness (QED) is 0.130. The van der Waals surface area contributed by atoms with Crippen LogP contribution in [0.5, 0.6) is 0 Å². The third-order valence-corrected chi connectivity index (χ3v) is 14.8. The van der Waals surface area contributed by atoms with Gasteiger partial charge in [-0.25, -0.2) is 0 Å². The van der Waals surface area contributed by atoms with Crippen molar-refractivity contribution in [1.82, 2.24) is 9.13 Å². The van der Waals surface area contributed by atoms with Gasteiger partial charge in [-0.1, -0.05) is 182 Å². The summed E-state index contributed by atoms with van der Waals surface area (Å²) >= 11 is 0. The van der Waals surface area contributed by atoms with Crippen LogP contribution in [0.1, 0.15) is 35.1 Å². The summed E-state index contributed by atoms with van der Waals surface area (Å²) in [5.74, 6) is 0. The Balaban J connectivity index is 0.925. The molecule has 0 atom stereocenters. The van der Waals surface area contributed by atoms with Crippen molar-refractivity contribution in [3.05, 3.63) is 265 Å². The first-order valence-electron chi connectivity index (χ1n) is 23.8. The van der Waals surface area contributed by atoms with E-state index in [0.29, 0.717) is 0 Å². The Morgan fingerprint density at radius 1 is 0.284 bits per heavy atom. The second-order valence-electron chi connectivity index (χ2n) is 18.4. The fraction of sp³-hybridized carbons (Fsp3) is 0.0769. The molecule has 0 bridgehead atoms. The molecule has 0 fully saturated rings. The van der Waals surface area contributed by atoms with Crippen LogP contribution in [-0.4, -0.2) is 9.13 Å². The van der Waals surface area contributed by atoms with Gasteiger partial charge in [0.2, 0.25) is 0 Å². The van der Waals surface area contributed by atoms with E-state index in [9.17, 15) is 0 Å². The van der Waals surface area contributed by atoms with Gasteiger partial charge in [-0.05, 0) is 142 Å². The van der Waals surface area contributed by atoms with Crippen molar-refractivity contribution in [1.29, 1.82) is 0 Å². The average Bonchev–Trinajstić information content (AvgIpc) is 4.02. The Hall–Kier alpha value is -8.20. The largest absolute Gasteiger partial charge is 0.309 e. The van der Waals surface area contributed by atoms with Crippen molar-refractivity contribution in [2.75, 3.05) is 0 Å². The normalized spacial score (nSPS) is 12.8. The molecule has 67 heavy (non-hydrogen) atoms. The Bertz CT molecular complexity index is 3420. The first kappa shape index (κ1) is 39.2. The van der Waals surface area contributed by atoms with Gasteiger partial charge in [-0.2, -0.15) is 0 Å². The standard InChI is InChI=1S/C65H48N2/c1-3-15-45(16-4-1)39-41-65(42-40-46-17-5-2-6-18-46)59-43-49(47-27-33-51(34-28-47)66-61-23-11-7-19-55(61)56-20-8-12-24-62(56)66)31-37-53(59)54-38-32-50(44-60(54)65)48-29-35-52(36-30-48)67-63-25-13-9-21-57(63)58-22-10-14-26-64(58)67/h1-38,43-44H,39-42H2. The van der Waals surface area contributed by atoms with Gasteiger partial charge in [0.1, 0.15) is 0 Å². The van der Waals surface area contributed by atoms with Crippen molar-refractivity contribution in [2.24, 2.45) is 0 Å². The zero-order valence-electron chi connectivity index (χ0n) is 37.3. The molecule has 13 rings (SSSR count). The zero-order valence-corrected chi connectivity index (χ0v) is 37.3. The molecule has 0 saturated heterocycles. The Morgan fingerprint density at radius 3 is 0.955 bits per heavy atom. The summed E-state index contributed by atoms with van der Waals surface area (Å²) in [5, 5.41) is 5.12. The monoisotopic (exact) mass is 856 g/mol. The highest BCUT2D eigenvalue weighted by Crippen LogP contribution is 2.55. The molecule has 1 aliphatic carbocycles. The second-order valence-corrected chi connectivity index (χ2v) is 18.4. The van der Waals surface area contributed by atoms with Crippen LogP contribution in [0.15, 0.2) is 243 Å². The van der Waals surface area contributed by atoms with E-state index in [4.69, 9.17) is 0 Å².